The molecule has 16 heavy (non-hydrogen) atoms. The molecular weight excluding hydrogens is 226 g/mol. The monoisotopic (exact) mass is 243 g/mol. The maximum absolute atomic E-state index is 11.4. The highest BCUT2D eigenvalue weighted by Gasteiger charge is 2.11. The van der Waals surface area contributed by atoms with Crippen LogP contribution in [-0.2, 0) is 10.0 Å². The molecule has 0 aromatic heterocycles. The van der Waals surface area contributed by atoms with Gasteiger partial charge in [-0.1, -0.05) is 0 Å². The largest absolute Gasteiger partial charge is 0.496 e. The fourth-order valence-corrected chi connectivity index (χ4v) is 2.07. The second-order valence-corrected chi connectivity index (χ2v) is 5.58. The Hall–Kier alpha value is -1.23. The van der Waals surface area contributed by atoms with E-state index in [0.717, 1.165) is 16.9 Å². The molecule has 5 heteroatoms. The van der Waals surface area contributed by atoms with Gasteiger partial charge in [0.05, 0.1) is 18.6 Å². The smallest absolute Gasteiger partial charge is 0.232 e. The molecule has 0 saturated carbocycles. The molecule has 0 aliphatic rings. The molecule has 0 unspecified atom stereocenters. The maximum atomic E-state index is 11.4. The Balaban J connectivity index is 3.14. The van der Waals surface area contributed by atoms with Crippen molar-refractivity contribution >= 4 is 15.7 Å². The lowest BCUT2D eigenvalue weighted by Gasteiger charge is -2.13. The number of hydrogen-bond acceptors (Lipinski definition) is 3. The molecule has 0 spiro atoms. The van der Waals surface area contributed by atoms with E-state index in [4.69, 9.17) is 4.74 Å². The predicted molar refractivity (Wildman–Crippen MR) is 65.6 cm³/mol. The first-order chi connectivity index (χ1) is 7.41. The van der Waals surface area contributed by atoms with Crippen molar-refractivity contribution in [2.24, 2.45) is 0 Å². The van der Waals surface area contributed by atoms with Gasteiger partial charge in [-0.25, -0.2) is 8.42 Å². The van der Waals surface area contributed by atoms with E-state index < -0.39 is 10.0 Å². The third-order valence-corrected chi connectivity index (χ3v) is 3.89. The number of hydrogen-bond donors (Lipinski definition) is 1. The number of sulfonamides is 1. The van der Waals surface area contributed by atoms with Gasteiger partial charge in [-0.2, -0.15) is 0 Å². The average molecular weight is 243 g/mol. The lowest BCUT2D eigenvalue weighted by molar-refractivity contribution is 0.411. The third-order valence-electron chi connectivity index (χ3n) is 2.60. The highest BCUT2D eigenvalue weighted by molar-refractivity contribution is 7.92. The van der Waals surface area contributed by atoms with E-state index in [9.17, 15) is 8.42 Å². The summed E-state index contributed by atoms with van der Waals surface area (Å²) in [7, 11) is -1.63. The minimum Gasteiger partial charge on any atom is -0.496 e. The fourth-order valence-electron chi connectivity index (χ4n) is 1.37. The summed E-state index contributed by atoms with van der Waals surface area (Å²) in [5.41, 5.74) is 2.44. The Morgan fingerprint density at radius 1 is 1.25 bits per heavy atom. The van der Waals surface area contributed by atoms with Gasteiger partial charge in [0.15, 0.2) is 0 Å². The van der Waals surface area contributed by atoms with Crippen LogP contribution in [0.25, 0.3) is 0 Å². The van der Waals surface area contributed by atoms with E-state index in [1.54, 1.807) is 26.2 Å². The zero-order chi connectivity index (χ0) is 12.3. The molecule has 0 saturated heterocycles. The summed E-state index contributed by atoms with van der Waals surface area (Å²) < 4.78 is 30.6. The average Bonchev–Trinajstić information content (AvgIpc) is 2.25. The highest BCUT2D eigenvalue weighted by Crippen LogP contribution is 2.27. The van der Waals surface area contributed by atoms with Crippen molar-refractivity contribution in [3.8, 4) is 5.75 Å². The molecule has 0 fully saturated rings. The fraction of sp³-hybridized carbons (Fsp3) is 0.455. The molecule has 1 aromatic carbocycles. The van der Waals surface area contributed by atoms with Crippen LogP contribution in [0.2, 0.25) is 0 Å². The second-order valence-electron chi connectivity index (χ2n) is 3.57. The van der Waals surface area contributed by atoms with Gasteiger partial charge in [-0.3, -0.25) is 4.72 Å². The summed E-state index contributed by atoms with van der Waals surface area (Å²) in [5.74, 6) is 0.828. The van der Waals surface area contributed by atoms with Crippen LogP contribution in [0.5, 0.6) is 5.75 Å². The van der Waals surface area contributed by atoms with Crippen LogP contribution in [0.3, 0.4) is 0 Å². The lowest BCUT2D eigenvalue weighted by Crippen LogP contribution is -2.15. The van der Waals surface area contributed by atoms with Crippen molar-refractivity contribution in [2.45, 2.75) is 20.8 Å². The van der Waals surface area contributed by atoms with Crippen molar-refractivity contribution in [3.63, 3.8) is 0 Å². The van der Waals surface area contributed by atoms with Gasteiger partial charge >= 0.3 is 0 Å². The van der Waals surface area contributed by atoms with Crippen LogP contribution >= 0.6 is 0 Å². The molecule has 0 atom stereocenters. The van der Waals surface area contributed by atoms with Gasteiger partial charge in [-0.05, 0) is 44.0 Å². The zero-order valence-electron chi connectivity index (χ0n) is 9.99. The number of methoxy groups -OCH3 is 1. The third kappa shape index (κ3) is 2.66. The Labute approximate surface area is 96.7 Å². The number of anilines is 1. The summed E-state index contributed by atoms with van der Waals surface area (Å²) in [4.78, 5) is 0. The second kappa shape index (κ2) is 4.74. The molecule has 0 amide bonds. The summed E-state index contributed by atoms with van der Waals surface area (Å²) >= 11 is 0. The molecule has 90 valence electrons. The molecule has 1 rings (SSSR count). The lowest BCUT2D eigenvalue weighted by atomic mass is 10.1. The van der Waals surface area contributed by atoms with Crippen LogP contribution < -0.4 is 9.46 Å². The molecular formula is C11H17NO3S. The van der Waals surface area contributed by atoms with Crippen LogP contribution in [-0.4, -0.2) is 21.3 Å². The zero-order valence-corrected chi connectivity index (χ0v) is 10.8. The Morgan fingerprint density at radius 3 is 2.38 bits per heavy atom. The first kappa shape index (κ1) is 12.8. The first-order valence-corrected chi connectivity index (χ1v) is 6.71. The molecule has 4 nitrogen and oxygen atoms in total. The normalized spacial score (nSPS) is 11.2. The van der Waals surface area contributed by atoms with Crippen molar-refractivity contribution in [3.05, 3.63) is 23.3 Å². The van der Waals surface area contributed by atoms with Crippen molar-refractivity contribution in [1.29, 1.82) is 0 Å². The maximum Gasteiger partial charge on any atom is 0.232 e. The standard InChI is InChI=1S/C11H17NO3S/c1-5-16(13,14)12-10-6-7-11(15-4)9(3)8(10)2/h6-7,12H,5H2,1-4H3. The minimum atomic E-state index is -3.22. The van der Waals surface area contributed by atoms with Crippen LogP contribution in [0.4, 0.5) is 5.69 Å². The quantitative estimate of drug-likeness (QED) is 0.880. The highest BCUT2D eigenvalue weighted by atomic mass is 32.2. The van der Waals surface area contributed by atoms with E-state index in [1.165, 1.54) is 0 Å². The van der Waals surface area contributed by atoms with Gasteiger partial charge in [-0.15, -0.1) is 0 Å². The summed E-state index contributed by atoms with van der Waals surface area (Å²) in [6.45, 7) is 5.37. The minimum absolute atomic E-state index is 0.0670. The molecule has 0 aliphatic carbocycles. The van der Waals surface area contributed by atoms with Gasteiger partial charge < -0.3 is 4.74 Å². The van der Waals surface area contributed by atoms with Gasteiger partial charge in [0, 0.05) is 0 Å². The Morgan fingerprint density at radius 2 is 1.88 bits per heavy atom. The first-order valence-electron chi connectivity index (χ1n) is 5.06. The number of benzene rings is 1. The Kier molecular flexibility index (Phi) is 3.80. The molecule has 0 radical (unpaired) electrons. The Bertz CT molecular complexity index is 480. The summed E-state index contributed by atoms with van der Waals surface area (Å²) in [6, 6.07) is 3.48. The molecule has 1 aromatic rings. The number of nitrogens with one attached hydrogen (secondary N) is 1. The summed E-state index contributed by atoms with van der Waals surface area (Å²) in [5, 5.41) is 0. The van der Waals surface area contributed by atoms with E-state index in [2.05, 4.69) is 4.72 Å². The summed E-state index contributed by atoms with van der Waals surface area (Å²) in [6.07, 6.45) is 0. The van der Waals surface area contributed by atoms with Crippen LogP contribution in [0.1, 0.15) is 18.1 Å². The van der Waals surface area contributed by atoms with Crippen molar-refractivity contribution in [2.75, 3.05) is 17.6 Å². The van der Waals surface area contributed by atoms with Crippen molar-refractivity contribution < 1.29 is 13.2 Å². The van der Waals surface area contributed by atoms with E-state index >= 15 is 0 Å². The van der Waals surface area contributed by atoms with Crippen LogP contribution in [0, 0.1) is 13.8 Å². The molecule has 0 aliphatic heterocycles. The molecule has 0 heterocycles. The van der Waals surface area contributed by atoms with E-state index in [1.807, 2.05) is 13.8 Å². The SMILES string of the molecule is CCS(=O)(=O)Nc1ccc(OC)c(C)c1C. The molecule has 0 bridgehead atoms. The van der Waals surface area contributed by atoms with Gasteiger partial charge in [0.2, 0.25) is 10.0 Å². The van der Waals surface area contributed by atoms with Gasteiger partial charge in [0.1, 0.15) is 5.75 Å². The van der Waals surface area contributed by atoms with Crippen LogP contribution in [0.15, 0.2) is 12.1 Å². The van der Waals surface area contributed by atoms with E-state index in [-0.39, 0.29) is 5.75 Å². The predicted octanol–water partition coefficient (Wildman–Crippen LogP) is 2.07. The van der Waals surface area contributed by atoms with Gasteiger partial charge in [0.25, 0.3) is 0 Å². The number of ether oxygens (including phenoxy) is 1. The van der Waals surface area contributed by atoms with Crippen molar-refractivity contribution in [1.82, 2.24) is 0 Å². The topological polar surface area (TPSA) is 55.4 Å². The number of rotatable bonds is 4. The molecule has 1 N–H and O–H groups in total. The van der Waals surface area contributed by atoms with E-state index in [0.29, 0.717) is 5.69 Å².